The fourth-order valence-corrected chi connectivity index (χ4v) is 4.15. The van der Waals surface area contributed by atoms with Crippen molar-refractivity contribution >= 4 is 17.3 Å². The van der Waals surface area contributed by atoms with Gasteiger partial charge in [0.15, 0.2) is 0 Å². The van der Waals surface area contributed by atoms with Gasteiger partial charge < -0.3 is 19.6 Å². The lowest BCUT2D eigenvalue weighted by molar-refractivity contribution is -0.903. The van der Waals surface area contributed by atoms with Gasteiger partial charge in [0.2, 0.25) is 0 Å². The summed E-state index contributed by atoms with van der Waals surface area (Å²) in [5.74, 6) is 0.871. The third-order valence-electron chi connectivity index (χ3n) is 5.63. The second kappa shape index (κ2) is 9.38. The molecule has 4 nitrogen and oxygen atoms in total. The second-order valence-corrected chi connectivity index (χ2v) is 9.52. The highest BCUT2D eigenvalue weighted by molar-refractivity contribution is 6.30. The molecule has 0 bridgehead atoms. The zero-order valence-corrected chi connectivity index (χ0v) is 18.8. The van der Waals surface area contributed by atoms with E-state index in [2.05, 4.69) is 50.8 Å². The van der Waals surface area contributed by atoms with Crippen molar-refractivity contribution in [1.82, 2.24) is 0 Å². The minimum absolute atomic E-state index is 0.0155. The summed E-state index contributed by atoms with van der Waals surface area (Å²) < 4.78 is 6.00. The van der Waals surface area contributed by atoms with Gasteiger partial charge >= 0.3 is 0 Å². The Morgan fingerprint density at radius 2 is 1.83 bits per heavy atom. The van der Waals surface area contributed by atoms with E-state index in [9.17, 15) is 5.11 Å². The maximum atomic E-state index is 10.5. The number of aliphatic hydroxyl groups excluding tert-OH is 1. The summed E-state index contributed by atoms with van der Waals surface area (Å²) in [5, 5.41) is 11.3. The molecule has 1 aliphatic rings. The summed E-state index contributed by atoms with van der Waals surface area (Å²) in [6.45, 7) is 13.6. The van der Waals surface area contributed by atoms with Crippen LogP contribution in [0.25, 0.3) is 0 Å². The molecule has 0 amide bonds. The van der Waals surface area contributed by atoms with E-state index in [0.717, 1.165) is 37.0 Å². The molecular weight excluding hydrogens is 384 g/mol. The highest BCUT2D eigenvalue weighted by atomic mass is 35.5. The van der Waals surface area contributed by atoms with Gasteiger partial charge in [0, 0.05) is 10.7 Å². The molecule has 0 aromatic heterocycles. The number of halogens is 1. The van der Waals surface area contributed by atoms with E-state index in [1.807, 2.05) is 24.3 Å². The van der Waals surface area contributed by atoms with Gasteiger partial charge in [-0.1, -0.05) is 56.6 Å². The van der Waals surface area contributed by atoms with Crippen LogP contribution in [0.15, 0.2) is 42.5 Å². The quantitative estimate of drug-likeness (QED) is 0.758. The average Bonchev–Trinajstić information content (AvgIpc) is 2.68. The van der Waals surface area contributed by atoms with E-state index < -0.39 is 6.10 Å². The van der Waals surface area contributed by atoms with Crippen molar-refractivity contribution in [3.63, 3.8) is 0 Å². The molecule has 5 heteroatoms. The number of hydrogen-bond donors (Lipinski definition) is 2. The Morgan fingerprint density at radius 1 is 1.14 bits per heavy atom. The number of hydrogen-bond acceptors (Lipinski definition) is 3. The van der Waals surface area contributed by atoms with Gasteiger partial charge in [-0.15, -0.1) is 0 Å². The molecule has 0 spiro atoms. The van der Waals surface area contributed by atoms with E-state index in [4.69, 9.17) is 16.3 Å². The van der Waals surface area contributed by atoms with Crippen LogP contribution < -0.4 is 14.5 Å². The van der Waals surface area contributed by atoms with Gasteiger partial charge in [-0.3, -0.25) is 0 Å². The Balaban J connectivity index is 1.49. The largest absolute Gasteiger partial charge is 0.490 e. The number of para-hydroxylation sites is 1. The molecule has 2 N–H and O–H groups in total. The van der Waals surface area contributed by atoms with Crippen molar-refractivity contribution in [2.24, 2.45) is 0 Å². The fraction of sp³-hybridized carbons (Fsp3) is 0.500. The molecular formula is C24H34ClN2O2+. The number of rotatable bonds is 6. The summed E-state index contributed by atoms with van der Waals surface area (Å²) >= 11 is 6.18. The molecule has 0 aliphatic carbocycles. The Bertz CT molecular complexity index is 811. The summed E-state index contributed by atoms with van der Waals surface area (Å²) in [5.41, 5.74) is 3.66. The third kappa shape index (κ3) is 5.88. The predicted molar refractivity (Wildman–Crippen MR) is 121 cm³/mol. The summed E-state index contributed by atoms with van der Waals surface area (Å²) in [6.07, 6.45) is -0.475. The van der Waals surface area contributed by atoms with Crippen molar-refractivity contribution < 1.29 is 14.7 Å². The van der Waals surface area contributed by atoms with E-state index in [1.54, 1.807) is 0 Å². The molecule has 3 rings (SSSR count). The van der Waals surface area contributed by atoms with Gasteiger partial charge in [-0.25, -0.2) is 0 Å². The van der Waals surface area contributed by atoms with Gasteiger partial charge in [0.05, 0.1) is 26.2 Å². The normalized spacial score (nSPS) is 16.7. The van der Waals surface area contributed by atoms with Crippen LogP contribution >= 0.6 is 11.6 Å². The zero-order valence-electron chi connectivity index (χ0n) is 18.0. The van der Waals surface area contributed by atoms with Crippen molar-refractivity contribution in [3.8, 4) is 5.75 Å². The fourth-order valence-electron chi connectivity index (χ4n) is 3.98. The van der Waals surface area contributed by atoms with Crippen LogP contribution in [0, 0.1) is 6.92 Å². The lowest BCUT2D eigenvalue weighted by atomic mass is 9.86. The van der Waals surface area contributed by atoms with Gasteiger partial charge in [0.1, 0.15) is 25.0 Å². The van der Waals surface area contributed by atoms with Crippen LogP contribution in [0.4, 0.5) is 5.69 Å². The maximum Gasteiger partial charge on any atom is 0.137 e. The first kappa shape index (κ1) is 21.9. The number of benzene rings is 2. The van der Waals surface area contributed by atoms with Crippen LogP contribution in [0.2, 0.25) is 5.02 Å². The van der Waals surface area contributed by atoms with E-state index in [0.29, 0.717) is 13.2 Å². The van der Waals surface area contributed by atoms with Crippen LogP contribution in [-0.4, -0.2) is 50.5 Å². The second-order valence-electron chi connectivity index (χ2n) is 9.08. The SMILES string of the molecule is Cc1ccc(Cl)cc1N1CC[NH+](C[C@H](O)COc2ccccc2C(C)(C)C)CC1. The minimum Gasteiger partial charge on any atom is -0.490 e. The highest BCUT2D eigenvalue weighted by Crippen LogP contribution is 2.31. The van der Waals surface area contributed by atoms with Gasteiger partial charge in [-0.05, 0) is 41.7 Å². The lowest BCUT2D eigenvalue weighted by Crippen LogP contribution is -3.16. The van der Waals surface area contributed by atoms with Crippen LogP contribution in [-0.2, 0) is 5.41 Å². The molecule has 0 saturated carbocycles. The monoisotopic (exact) mass is 417 g/mol. The molecule has 1 saturated heterocycles. The van der Waals surface area contributed by atoms with Crippen LogP contribution in [0.1, 0.15) is 31.9 Å². The lowest BCUT2D eigenvalue weighted by Gasteiger charge is -2.35. The number of aliphatic hydroxyl groups is 1. The molecule has 1 atom stereocenters. The third-order valence-corrected chi connectivity index (χ3v) is 5.87. The summed E-state index contributed by atoms with van der Waals surface area (Å²) in [7, 11) is 0. The van der Waals surface area contributed by atoms with Crippen molar-refractivity contribution in [2.45, 2.75) is 39.2 Å². The smallest absolute Gasteiger partial charge is 0.137 e. The first-order chi connectivity index (χ1) is 13.7. The number of nitrogens with one attached hydrogen (secondary N) is 1. The Kier molecular flexibility index (Phi) is 7.10. The molecule has 0 unspecified atom stereocenters. The summed E-state index contributed by atoms with van der Waals surface area (Å²) in [6, 6.07) is 14.2. The predicted octanol–water partition coefficient (Wildman–Crippen LogP) is 3.09. The number of quaternary nitrogens is 1. The standard InChI is InChI=1S/C24H33ClN2O2/c1-18-9-10-19(25)15-22(18)27-13-11-26(12-14-27)16-20(28)17-29-23-8-6-5-7-21(23)24(2,3)4/h5-10,15,20,28H,11-14,16-17H2,1-4H3/p+1/t20-/m0/s1. The highest BCUT2D eigenvalue weighted by Gasteiger charge is 2.24. The molecule has 0 radical (unpaired) electrons. The Hall–Kier alpha value is -1.75. The van der Waals surface area contributed by atoms with E-state index >= 15 is 0 Å². The molecule has 2 aromatic rings. The van der Waals surface area contributed by atoms with E-state index in [-0.39, 0.29) is 5.41 Å². The number of aryl methyl sites for hydroxylation is 1. The van der Waals surface area contributed by atoms with Crippen LogP contribution in [0.3, 0.4) is 0 Å². The molecule has 1 fully saturated rings. The van der Waals surface area contributed by atoms with Crippen molar-refractivity contribution in [1.29, 1.82) is 0 Å². The number of ether oxygens (including phenoxy) is 1. The number of nitrogens with zero attached hydrogens (tertiary/aromatic N) is 1. The molecule has 1 heterocycles. The van der Waals surface area contributed by atoms with Crippen molar-refractivity contribution in [3.05, 3.63) is 58.6 Å². The Labute approximate surface area is 180 Å². The number of piperazine rings is 1. The number of anilines is 1. The topological polar surface area (TPSA) is 37.1 Å². The molecule has 29 heavy (non-hydrogen) atoms. The van der Waals surface area contributed by atoms with Crippen LogP contribution in [0.5, 0.6) is 5.75 Å². The zero-order chi connectivity index (χ0) is 21.0. The summed E-state index contributed by atoms with van der Waals surface area (Å²) in [4.78, 5) is 3.81. The van der Waals surface area contributed by atoms with Gasteiger partial charge in [0.25, 0.3) is 0 Å². The first-order valence-corrected chi connectivity index (χ1v) is 10.9. The Morgan fingerprint density at radius 3 is 2.52 bits per heavy atom. The first-order valence-electron chi connectivity index (χ1n) is 10.5. The minimum atomic E-state index is -0.475. The maximum absolute atomic E-state index is 10.5. The van der Waals surface area contributed by atoms with E-state index in [1.165, 1.54) is 21.7 Å². The molecule has 158 valence electrons. The average molecular weight is 418 g/mol. The molecule has 2 aromatic carbocycles. The molecule has 1 aliphatic heterocycles. The van der Waals surface area contributed by atoms with Gasteiger partial charge in [-0.2, -0.15) is 0 Å². The van der Waals surface area contributed by atoms with Crippen molar-refractivity contribution in [2.75, 3.05) is 44.2 Å².